The molecule has 0 aliphatic heterocycles. The minimum atomic E-state index is -4.61. The Morgan fingerprint density at radius 1 is 1.25 bits per heavy atom. The predicted octanol–water partition coefficient (Wildman–Crippen LogP) is 2.90. The zero-order valence-corrected chi connectivity index (χ0v) is 14.6. The van der Waals surface area contributed by atoms with Crippen LogP contribution in [-0.4, -0.2) is 27.8 Å². The number of methoxy groups -OCH3 is 1. The normalized spacial score (nSPS) is 11.3. The van der Waals surface area contributed by atoms with Gasteiger partial charge in [0.15, 0.2) is 5.82 Å². The van der Waals surface area contributed by atoms with Crippen LogP contribution < -0.4 is 15.6 Å². The highest BCUT2D eigenvalue weighted by atomic mass is 19.4. The van der Waals surface area contributed by atoms with Gasteiger partial charge in [-0.05, 0) is 18.2 Å². The Labute approximate surface area is 156 Å². The summed E-state index contributed by atoms with van der Waals surface area (Å²) in [6.07, 6.45) is -4.01. The van der Waals surface area contributed by atoms with Gasteiger partial charge in [0, 0.05) is 23.9 Å². The van der Waals surface area contributed by atoms with Gasteiger partial charge >= 0.3 is 6.18 Å². The molecule has 0 unspecified atom stereocenters. The number of ether oxygens (including phenoxy) is 1. The summed E-state index contributed by atoms with van der Waals surface area (Å²) < 4.78 is 44.3. The number of hydrogen-bond donors (Lipinski definition) is 2. The monoisotopic (exact) mass is 392 g/mol. The largest absolute Gasteiger partial charge is 0.496 e. The topological polar surface area (TPSA) is 89.0 Å². The van der Waals surface area contributed by atoms with E-state index >= 15 is 0 Å². The van der Waals surface area contributed by atoms with Crippen molar-refractivity contribution in [3.8, 4) is 17.0 Å². The molecule has 146 valence electrons. The Hall–Kier alpha value is -3.56. The van der Waals surface area contributed by atoms with Crippen LogP contribution in [0.1, 0.15) is 5.56 Å². The summed E-state index contributed by atoms with van der Waals surface area (Å²) in [5.74, 6) is 0.0602. The first-order valence-corrected chi connectivity index (χ1v) is 8.04. The van der Waals surface area contributed by atoms with Crippen LogP contribution in [0.3, 0.4) is 0 Å². The fourth-order valence-corrected chi connectivity index (χ4v) is 2.55. The van der Waals surface area contributed by atoms with E-state index in [1.807, 2.05) is 0 Å². The molecule has 0 aliphatic rings. The van der Waals surface area contributed by atoms with Crippen molar-refractivity contribution >= 4 is 11.7 Å². The fourth-order valence-electron chi connectivity index (χ4n) is 2.55. The van der Waals surface area contributed by atoms with Gasteiger partial charge in [-0.3, -0.25) is 14.7 Å². The number of H-pyrrole nitrogens is 1. The smallest absolute Gasteiger partial charge is 0.417 e. The first-order chi connectivity index (χ1) is 13.3. The number of rotatable bonds is 5. The minimum Gasteiger partial charge on any atom is -0.496 e. The molecular formula is C18H15F3N4O3. The van der Waals surface area contributed by atoms with E-state index in [4.69, 9.17) is 4.74 Å². The third-order valence-electron chi connectivity index (χ3n) is 3.87. The van der Waals surface area contributed by atoms with Crippen LogP contribution in [0.2, 0.25) is 0 Å². The molecule has 2 aromatic heterocycles. The zero-order chi connectivity index (χ0) is 20.3. The number of aromatic amines is 1. The highest BCUT2D eigenvalue weighted by Gasteiger charge is 2.31. The molecule has 0 saturated heterocycles. The maximum absolute atomic E-state index is 12.8. The number of para-hydroxylation sites is 1. The molecule has 0 saturated carbocycles. The molecule has 0 bridgehead atoms. The van der Waals surface area contributed by atoms with Gasteiger partial charge in [0.1, 0.15) is 12.3 Å². The molecule has 7 nitrogen and oxygen atoms in total. The Bertz CT molecular complexity index is 1060. The molecule has 10 heteroatoms. The molecule has 3 aromatic rings. The van der Waals surface area contributed by atoms with Gasteiger partial charge in [0.05, 0.1) is 18.4 Å². The van der Waals surface area contributed by atoms with Gasteiger partial charge < -0.3 is 14.6 Å². The number of benzene rings is 1. The van der Waals surface area contributed by atoms with Gasteiger partial charge in [-0.1, -0.05) is 12.1 Å². The standard InChI is InChI=1S/C18H15F3N4O3/c1-28-14-5-3-2-4-12(14)13-8-15(24-23-13)22-16(26)10-25-9-11(18(19,20)21)6-7-17(25)27/h2-9H,10H2,1H3,(H2,22,23,24,26). The number of hydrogen-bond acceptors (Lipinski definition) is 4. The Kier molecular flexibility index (Phi) is 5.21. The van der Waals surface area contributed by atoms with Crippen LogP contribution in [0.4, 0.5) is 19.0 Å². The lowest BCUT2D eigenvalue weighted by Crippen LogP contribution is -2.28. The Morgan fingerprint density at radius 3 is 2.71 bits per heavy atom. The zero-order valence-electron chi connectivity index (χ0n) is 14.6. The highest BCUT2D eigenvalue weighted by Crippen LogP contribution is 2.29. The Balaban J connectivity index is 1.75. The van der Waals surface area contributed by atoms with Crippen LogP contribution in [0, 0.1) is 0 Å². The van der Waals surface area contributed by atoms with Crippen molar-refractivity contribution in [1.29, 1.82) is 0 Å². The number of halogens is 3. The number of aromatic nitrogens is 3. The highest BCUT2D eigenvalue weighted by molar-refractivity contribution is 5.90. The molecule has 1 aromatic carbocycles. The van der Waals surface area contributed by atoms with Crippen molar-refractivity contribution in [1.82, 2.24) is 14.8 Å². The lowest BCUT2D eigenvalue weighted by Gasteiger charge is -2.10. The second-order valence-electron chi connectivity index (χ2n) is 5.80. The number of amides is 1. The van der Waals surface area contributed by atoms with Gasteiger partial charge in [0.2, 0.25) is 5.91 Å². The SMILES string of the molecule is COc1ccccc1-c1cc(NC(=O)Cn2cc(C(F)(F)F)ccc2=O)n[nH]1. The molecule has 0 atom stereocenters. The molecule has 0 aliphatic carbocycles. The summed E-state index contributed by atoms with van der Waals surface area (Å²) in [5.41, 5.74) is -0.450. The average molecular weight is 392 g/mol. The molecule has 0 spiro atoms. The molecule has 3 rings (SSSR count). The minimum absolute atomic E-state index is 0.158. The summed E-state index contributed by atoms with van der Waals surface area (Å²) in [5, 5.41) is 9.13. The molecular weight excluding hydrogens is 377 g/mol. The van der Waals surface area contributed by atoms with Gasteiger partial charge in [-0.2, -0.15) is 18.3 Å². The number of anilines is 1. The van der Waals surface area contributed by atoms with Crippen molar-refractivity contribution in [2.45, 2.75) is 12.7 Å². The lowest BCUT2D eigenvalue weighted by molar-refractivity contribution is -0.138. The van der Waals surface area contributed by atoms with Crippen LogP contribution in [0.15, 0.2) is 53.5 Å². The van der Waals surface area contributed by atoms with Crippen molar-refractivity contribution in [2.24, 2.45) is 0 Å². The number of nitrogens with zero attached hydrogens (tertiary/aromatic N) is 2. The molecule has 2 heterocycles. The van der Waals surface area contributed by atoms with Gasteiger partial charge in [-0.25, -0.2) is 0 Å². The molecule has 0 radical (unpaired) electrons. The summed E-state index contributed by atoms with van der Waals surface area (Å²) in [4.78, 5) is 23.9. The summed E-state index contributed by atoms with van der Waals surface area (Å²) in [6, 6.07) is 10.1. The van der Waals surface area contributed by atoms with E-state index in [-0.39, 0.29) is 5.82 Å². The third-order valence-corrected chi connectivity index (χ3v) is 3.87. The second-order valence-corrected chi connectivity index (χ2v) is 5.80. The van der Waals surface area contributed by atoms with E-state index in [0.29, 0.717) is 33.8 Å². The quantitative estimate of drug-likeness (QED) is 0.699. The van der Waals surface area contributed by atoms with E-state index < -0.39 is 29.8 Å². The number of pyridine rings is 1. The number of nitrogens with one attached hydrogen (secondary N) is 2. The van der Waals surface area contributed by atoms with Crippen LogP contribution in [0.5, 0.6) is 5.75 Å². The molecule has 2 N–H and O–H groups in total. The van der Waals surface area contributed by atoms with Gasteiger partial charge in [0.25, 0.3) is 5.56 Å². The number of alkyl halides is 3. The van der Waals surface area contributed by atoms with Crippen LogP contribution in [0.25, 0.3) is 11.3 Å². The van der Waals surface area contributed by atoms with E-state index in [1.165, 1.54) is 7.11 Å². The second kappa shape index (κ2) is 7.59. The van der Waals surface area contributed by atoms with E-state index in [2.05, 4.69) is 15.5 Å². The van der Waals surface area contributed by atoms with Crippen molar-refractivity contribution < 1.29 is 22.7 Å². The van der Waals surface area contributed by atoms with Crippen molar-refractivity contribution in [3.05, 3.63) is 64.6 Å². The molecule has 28 heavy (non-hydrogen) atoms. The van der Waals surface area contributed by atoms with E-state index in [1.54, 1.807) is 30.3 Å². The number of carbonyl (C=O) groups excluding carboxylic acids is 1. The lowest BCUT2D eigenvalue weighted by atomic mass is 10.1. The Morgan fingerprint density at radius 2 is 2.00 bits per heavy atom. The van der Waals surface area contributed by atoms with Crippen molar-refractivity contribution in [2.75, 3.05) is 12.4 Å². The fraction of sp³-hybridized carbons (Fsp3) is 0.167. The summed E-state index contributed by atoms with van der Waals surface area (Å²) in [6.45, 7) is -0.584. The maximum Gasteiger partial charge on any atom is 0.417 e. The van der Waals surface area contributed by atoms with Crippen LogP contribution in [-0.2, 0) is 17.5 Å². The average Bonchev–Trinajstić information content (AvgIpc) is 3.10. The first-order valence-electron chi connectivity index (χ1n) is 8.04. The first kappa shape index (κ1) is 19.2. The predicted molar refractivity (Wildman–Crippen MR) is 94.9 cm³/mol. The van der Waals surface area contributed by atoms with Crippen molar-refractivity contribution in [3.63, 3.8) is 0 Å². The maximum atomic E-state index is 12.8. The molecule has 1 amide bonds. The third kappa shape index (κ3) is 4.22. The number of carbonyl (C=O) groups is 1. The molecule has 0 fully saturated rings. The van der Waals surface area contributed by atoms with Gasteiger partial charge in [-0.15, -0.1) is 0 Å². The summed E-state index contributed by atoms with van der Waals surface area (Å²) in [7, 11) is 1.52. The van der Waals surface area contributed by atoms with E-state index in [0.717, 1.165) is 6.07 Å². The summed E-state index contributed by atoms with van der Waals surface area (Å²) >= 11 is 0. The van der Waals surface area contributed by atoms with Crippen LogP contribution >= 0.6 is 0 Å². The van der Waals surface area contributed by atoms with E-state index in [9.17, 15) is 22.8 Å².